The van der Waals surface area contributed by atoms with E-state index in [1.807, 2.05) is 0 Å². The van der Waals surface area contributed by atoms with Crippen LogP contribution < -0.4 is 9.80 Å². The van der Waals surface area contributed by atoms with Crippen LogP contribution in [0.25, 0.3) is 0 Å². The van der Waals surface area contributed by atoms with Crippen molar-refractivity contribution in [3.8, 4) is 0 Å². The molecule has 0 heterocycles. The molecule has 0 atom stereocenters. The Balaban J connectivity index is 2.93. The zero-order valence-corrected chi connectivity index (χ0v) is 11.0. The summed E-state index contributed by atoms with van der Waals surface area (Å²) in [4.78, 5) is 4.76. The first-order valence-corrected chi connectivity index (χ1v) is 6.36. The van der Waals surface area contributed by atoms with Crippen LogP contribution >= 0.6 is 0 Å². The first kappa shape index (κ1) is 12.9. The molecule has 0 saturated carbocycles. The summed E-state index contributed by atoms with van der Waals surface area (Å²) in [6.45, 7) is 13.1. The van der Waals surface area contributed by atoms with Crippen LogP contribution in [0.15, 0.2) is 24.3 Å². The van der Waals surface area contributed by atoms with Crippen LogP contribution in [0.4, 0.5) is 11.4 Å². The normalized spacial score (nSPS) is 10.2. The smallest absolute Gasteiger partial charge is 0.0386 e. The average molecular weight is 220 g/mol. The molecule has 0 saturated heterocycles. The zero-order valence-electron chi connectivity index (χ0n) is 11.0. The summed E-state index contributed by atoms with van der Waals surface area (Å²) >= 11 is 0. The van der Waals surface area contributed by atoms with Gasteiger partial charge in [-0.25, -0.2) is 0 Å². The van der Waals surface area contributed by atoms with E-state index in [0.29, 0.717) is 0 Å². The Bertz CT molecular complexity index is 274. The Kier molecular flexibility index (Phi) is 5.17. The fraction of sp³-hybridized carbons (Fsp3) is 0.571. The van der Waals surface area contributed by atoms with E-state index in [1.54, 1.807) is 0 Å². The first-order chi connectivity index (χ1) is 7.76. The number of benzene rings is 1. The molecule has 0 aromatic heterocycles. The zero-order chi connectivity index (χ0) is 12.0. The van der Waals surface area contributed by atoms with Crippen LogP contribution in [-0.2, 0) is 0 Å². The average Bonchev–Trinajstić information content (AvgIpc) is 2.33. The van der Waals surface area contributed by atoms with Crippen molar-refractivity contribution in [1.82, 2.24) is 0 Å². The Hall–Kier alpha value is -1.18. The molecule has 0 aliphatic heterocycles. The molecule has 0 amide bonds. The summed E-state index contributed by atoms with van der Waals surface area (Å²) in [5.74, 6) is 0. The number of rotatable bonds is 6. The van der Waals surface area contributed by atoms with Gasteiger partial charge in [0.1, 0.15) is 0 Å². The quantitative estimate of drug-likeness (QED) is 0.725. The van der Waals surface area contributed by atoms with E-state index < -0.39 is 0 Å². The van der Waals surface area contributed by atoms with Crippen LogP contribution in [0, 0.1) is 0 Å². The van der Waals surface area contributed by atoms with Gasteiger partial charge in [0.2, 0.25) is 0 Å². The highest BCUT2D eigenvalue weighted by atomic mass is 15.1. The molecule has 16 heavy (non-hydrogen) atoms. The maximum absolute atomic E-state index is 2.38. The lowest BCUT2D eigenvalue weighted by molar-refractivity contribution is 0.852. The van der Waals surface area contributed by atoms with Crippen LogP contribution in [-0.4, -0.2) is 26.2 Å². The fourth-order valence-corrected chi connectivity index (χ4v) is 2.06. The van der Waals surface area contributed by atoms with Crippen LogP contribution in [0.3, 0.4) is 0 Å². The van der Waals surface area contributed by atoms with Gasteiger partial charge in [0.15, 0.2) is 0 Å². The molecule has 2 heteroatoms. The van der Waals surface area contributed by atoms with Crippen LogP contribution in [0.5, 0.6) is 0 Å². The van der Waals surface area contributed by atoms with Gasteiger partial charge in [-0.2, -0.15) is 0 Å². The lowest BCUT2D eigenvalue weighted by Crippen LogP contribution is -2.24. The van der Waals surface area contributed by atoms with Gasteiger partial charge in [-0.15, -0.1) is 0 Å². The first-order valence-electron chi connectivity index (χ1n) is 6.36. The molecule has 1 rings (SSSR count). The van der Waals surface area contributed by atoms with Crippen molar-refractivity contribution in [3.63, 3.8) is 0 Å². The third-order valence-corrected chi connectivity index (χ3v) is 3.09. The van der Waals surface area contributed by atoms with Gasteiger partial charge in [0, 0.05) is 37.6 Å². The molecular formula is C14H24N2. The van der Waals surface area contributed by atoms with E-state index in [1.165, 1.54) is 11.4 Å². The van der Waals surface area contributed by atoms with Crippen molar-refractivity contribution >= 4 is 11.4 Å². The predicted molar refractivity (Wildman–Crippen MR) is 73.6 cm³/mol. The van der Waals surface area contributed by atoms with E-state index in [0.717, 1.165) is 26.2 Å². The summed E-state index contributed by atoms with van der Waals surface area (Å²) < 4.78 is 0. The molecule has 90 valence electrons. The van der Waals surface area contributed by atoms with Gasteiger partial charge in [0.05, 0.1) is 0 Å². The lowest BCUT2D eigenvalue weighted by atomic mass is 10.2. The predicted octanol–water partition coefficient (Wildman–Crippen LogP) is 3.38. The second-order valence-corrected chi connectivity index (χ2v) is 3.86. The molecule has 0 bridgehead atoms. The van der Waals surface area contributed by atoms with E-state index in [9.17, 15) is 0 Å². The Labute approximate surface area is 99.9 Å². The van der Waals surface area contributed by atoms with Gasteiger partial charge >= 0.3 is 0 Å². The molecular weight excluding hydrogens is 196 g/mol. The van der Waals surface area contributed by atoms with Gasteiger partial charge in [-0.3, -0.25) is 0 Å². The summed E-state index contributed by atoms with van der Waals surface area (Å²) in [5.41, 5.74) is 2.66. The largest absolute Gasteiger partial charge is 0.372 e. The fourth-order valence-electron chi connectivity index (χ4n) is 2.06. The minimum atomic E-state index is 1.07. The van der Waals surface area contributed by atoms with Gasteiger partial charge in [-0.05, 0) is 45.9 Å². The Morgan fingerprint density at radius 1 is 0.750 bits per heavy atom. The monoisotopic (exact) mass is 220 g/mol. The molecule has 2 nitrogen and oxygen atoms in total. The Morgan fingerprint density at radius 3 is 1.44 bits per heavy atom. The summed E-state index contributed by atoms with van der Waals surface area (Å²) in [6.07, 6.45) is 0. The summed E-state index contributed by atoms with van der Waals surface area (Å²) in [6, 6.07) is 8.83. The van der Waals surface area contributed by atoms with Crippen molar-refractivity contribution in [2.75, 3.05) is 36.0 Å². The van der Waals surface area contributed by atoms with E-state index in [4.69, 9.17) is 0 Å². The number of nitrogens with zero attached hydrogens (tertiary/aromatic N) is 2. The molecule has 0 aliphatic carbocycles. The molecule has 0 aliphatic rings. The van der Waals surface area contributed by atoms with Gasteiger partial charge < -0.3 is 9.80 Å². The second kappa shape index (κ2) is 6.41. The van der Waals surface area contributed by atoms with Crippen molar-refractivity contribution in [2.45, 2.75) is 27.7 Å². The lowest BCUT2D eigenvalue weighted by Gasteiger charge is -2.25. The maximum Gasteiger partial charge on any atom is 0.0386 e. The molecule has 0 N–H and O–H groups in total. The SMILES string of the molecule is CCN(CC)c1cccc(N(CC)CC)c1. The maximum atomic E-state index is 2.38. The third kappa shape index (κ3) is 2.91. The van der Waals surface area contributed by atoms with Crippen molar-refractivity contribution < 1.29 is 0 Å². The molecule has 1 aromatic carbocycles. The molecule has 0 fully saturated rings. The topological polar surface area (TPSA) is 6.48 Å². The highest BCUT2D eigenvalue weighted by Crippen LogP contribution is 2.22. The van der Waals surface area contributed by atoms with Gasteiger partial charge in [-0.1, -0.05) is 6.07 Å². The minimum absolute atomic E-state index is 1.07. The van der Waals surface area contributed by atoms with E-state index in [2.05, 4.69) is 61.8 Å². The molecule has 0 radical (unpaired) electrons. The Morgan fingerprint density at radius 2 is 1.12 bits per heavy atom. The van der Waals surface area contributed by atoms with Crippen molar-refractivity contribution in [2.24, 2.45) is 0 Å². The number of hydrogen-bond donors (Lipinski definition) is 0. The number of anilines is 2. The summed E-state index contributed by atoms with van der Waals surface area (Å²) in [7, 11) is 0. The van der Waals surface area contributed by atoms with Gasteiger partial charge in [0.25, 0.3) is 0 Å². The molecule has 0 spiro atoms. The van der Waals surface area contributed by atoms with Crippen molar-refractivity contribution in [1.29, 1.82) is 0 Å². The van der Waals surface area contributed by atoms with E-state index >= 15 is 0 Å². The van der Waals surface area contributed by atoms with Crippen LogP contribution in [0.2, 0.25) is 0 Å². The minimum Gasteiger partial charge on any atom is -0.372 e. The highest BCUT2D eigenvalue weighted by Gasteiger charge is 2.05. The molecule has 0 unspecified atom stereocenters. The van der Waals surface area contributed by atoms with Crippen molar-refractivity contribution in [3.05, 3.63) is 24.3 Å². The molecule has 1 aromatic rings. The summed E-state index contributed by atoms with van der Waals surface area (Å²) in [5, 5.41) is 0. The number of hydrogen-bond acceptors (Lipinski definition) is 2. The van der Waals surface area contributed by atoms with E-state index in [-0.39, 0.29) is 0 Å². The second-order valence-electron chi connectivity index (χ2n) is 3.86. The van der Waals surface area contributed by atoms with Crippen LogP contribution in [0.1, 0.15) is 27.7 Å². The highest BCUT2D eigenvalue weighted by molar-refractivity contribution is 5.59. The third-order valence-electron chi connectivity index (χ3n) is 3.09. The standard InChI is InChI=1S/C14H24N2/c1-5-15(6-2)13-10-9-11-14(12-13)16(7-3)8-4/h9-12H,5-8H2,1-4H3.